The van der Waals surface area contributed by atoms with Gasteiger partial charge in [-0.25, -0.2) is 0 Å². The Labute approximate surface area is 304 Å². The fourth-order valence-electron chi connectivity index (χ4n) is 5.71. The molecule has 0 saturated heterocycles. The number of hydrogen-bond acceptors (Lipinski definition) is 6. The second kappa shape index (κ2) is 23.0. The molecule has 0 amide bonds. The molecule has 2 N–H and O–H groups in total. The van der Waals surface area contributed by atoms with E-state index in [1.54, 1.807) is 8.87 Å². The molecule has 0 bridgehead atoms. The minimum absolute atomic E-state index is 0.149. The van der Waals surface area contributed by atoms with E-state index in [0.29, 0.717) is 0 Å². The fourth-order valence-corrected chi connectivity index (χ4v) is 9.87. The first-order chi connectivity index (χ1) is 24.1. The van der Waals surface area contributed by atoms with Crippen LogP contribution in [0.3, 0.4) is 0 Å². The van der Waals surface area contributed by atoms with Crippen LogP contribution in [0.25, 0.3) is 0 Å². The molecule has 4 aromatic carbocycles. The Morgan fingerprint density at radius 3 is 0.959 bits per heavy atom. The quantitative estimate of drug-likeness (QED) is 0.0785. The average molecular weight is 774 g/mol. The zero-order chi connectivity index (χ0) is 34.5. The molecule has 262 valence electrons. The first-order valence-corrected chi connectivity index (χ1v) is 21.8. The van der Waals surface area contributed by atoms with Crippen LogP contribution in [0.5, 0.6) is 0 Å². The van der Waals surface area contributed by atoms with E-state index in [-0.39, 0.29) is 47.6 Å². The molecule has 49 heavy (non-hydrogen) atoms. The number of ether oxygens (including phenoxy) is 4. The van der Waals surface area contributed by atoms with Crippen LogP contribution in [0.15, 0.2) is 121 Å². The van der Waals surface area contributed by atoms with E-state index >= 15 is 0 Å². The fraction of sp³-hybridized carbons (Fsp3) is 0.429. The van der Waals surface area contributed by atoms with Crippen LogP contribution < -0.4 is 0 Å². The summed E-state index contributed by atoms with van der Waals surface area (Å²) in [6.45, 7) is 5.66. The van der Waals surface area contributed by atoms with Crippen LogP contribution in [0, 0.1) is 0 Å². The summed E-state index contributed by atoms with van der Waals surface area (Å²) in [5.74, 6) is 0. The summed E-state index contributed by atoms with van der Waals surface area (Å²) in [6.07, 6.45) is 0.209. The van der Waals surface area contributed by atoms with Crippen molar-refractivity contribution in [1.82, 2.24) is 0 Å². The largest absolute Gasteiger partial charge is 0.387 e. The van der Waals surface area contributed by atoms with Gasteiger partial charge in [0.1, 0.15) is 36.6 Å². The van der Waals surface area contributed by atoms with E-state index in [1.165, 1.54) is 25.7 Å². The van der Waals surface area contributed by atoms with Crippen molar-refractivity contribution in [3.8, 4) is 0 Å². The van der Waals surface area contributed by atoms with Gasteiger partial charge in [0.05, 0.1) is 26.4 Å². The second-order valence-corrected chi connectivity index (χ2v) is 16.8. The number of rotatable bonds is 18. The Hall–Kier alpha value is -2.56. The van der Waals surface area contributed by atoms with Crippen LogP contribution in [0.2, 0.25) is 8.87 Å². The Morgan fingerprint density at radius 1 is 0.429 bits per heavy atom. The van der Waals surface area contributed by atoms with Crippen LogP contribution in [-0.2, 0) is 45.4 Å². The van der Waals surface area contributed by atoms with Gasteiger partial charge < -0.3 is 29.2 Å². The molecular formula is C42H54O6Sn. The van der Waals surface area contributed by atoms with Gasteiger partial charge >= 0.3 is 69.5 Å². The predicted molar refractivity (Wildman–Crippen MR) is 197 cm³/mol. The molecule has 7 heteroatoms. The monoisotopic (exact) mass is 774 g/mol. The zero-order valence-corrected chi connectivity index (χ0v) is 32.0. The van der Waals surface area contributed by atoms with E-state index in [9.17, 15) is 10.2 Å². The standard InChI is InChI=1S/C34H36O6.2C4H9.Sn/c35-29-30(36)32(38-22-26-15-7-2-8-16-26)34(40-24-28-19-11-4-12-20-28)33(39-23-27-17-9-3-10-18-27)31(29)37-21-25-13-5-1-6-14-25;2*1-3-4-2;/h1-20,29-36H,21-24H2;2*1,3-4H2,2H3;/t29-,30+,31-,32-,33+,34+;;;/m0.../s1. The molecular weight excluding hydrogens is 719 g/mol. The molecule has 1 fully saturated rings. The van der Waals surface area contributed by atoms with E-state index in [2.05, 4.69) is 13.8 Å². The second-order valence-electron chi connectivity index (χ2n) is 12.5. The first kappa shape index (κ1) is 39.2. The summed E-state index contributed by atoms with van der Waals surface area (Å²) in [5.41, 5.74) is 3.87. The van der Waals surface area contributed by atoms with Gasteiger partial charge in [-0.2, -0.15) is 0 Å². The van der Waals surface area contributed by atoms with Crippen molar-refractivity contribution < 1.29 is 29.2 Å². The topological polar surface area (TPSA) is 77.4 Å². The molecule has 6 atom stereocenters. The molecule has 0 unspecified atom stereocenters. The van der Waals surface area contributed by atoms with Crippen molar-refractivity contribution in [3.63, 3.8) is 0 Å². The van der Waals surface area contributed by atoms with Gasteiger partial charge in [0.15, 0.2) is 0 Å². The number of aliphatic hydroxyl groups excluding tert-OH is 2. The molecule has 2 radical (unpaired) electrons. The van der Waals surface area contributed by atoms with Crippen molar-refractivity contribution in [3.05, 3.63) is 144 Å². The molecule has 0 heterocycles. The van der Waals surface area contributed by atoms with Gasteiger partial charge in [0.25, 0.3) is 0 Å². The van der Waals surface area contributed by atoms with E-state index in [4.69, 9.17) is 18.9 Å². The third-order valence-corrected chi connectivity index (χ3v) is 12.6. The number of aliphatic hydroxyl groups is 2. The van der Waals surface area contributed by atoms with Gasteiger partial charge in [0.2, 0.25) is 0 Å². The van der Waals surface area contributed by atoms with E-state index in [1.807, 2.05) is 121 Å². The van der Waals surface area contributed by atoms with Crippen LogP contribution in [0.1, 0.15) is 61.8 Å². The van der Waals surface area contributed by atoms with Crippen LogP contribution in [-0.4, -0.2) is 68.0 Å². The van der Waals surface area contributed by atoms with Gasteiger partial charge in [0, 0.05) is 0 Å². The van der Waals surface area contributed by atoms with Crippen LogP contribution in [0.4, 0.5) is 0 Å². The summed E-state index contributed by atoms with van der Waals surface area (Å²) in [7, 11) is 0. The molecule has 1 aliphatic rings. The molecule has 1 saturated carbocycles. The third-order valence-electron chi connectivity index (χ3n) is 8.55. The number of hydrogen-bond donors (Lipinski definition) is 2. The maximum absolute atomic E-state index is 11.4. The number of unbranched alkanes of at least 4 members (excludes halogenated alkanes) is 2. The Bertz CT molecular complexity index is 1270. The normalized spacial score (nSPS) is 21.9. The Morgan fingerprint density at radius 2 is 0.694 bits per heavy atom. The smallest absolute Gasteiger partial charge is 0.116 e. The minimum atomic E-state index is -1.25. The summed E-state index contributed by atoms with van der Waals surface area (Å²) in [6, 6.07) is 39.1. The summed E-state index contributed by atoms with van der Waals surface area (Å²) in [4.78, 5) is 0. The van der Waals surface area contributed by atoms with Crippen LogP contribution >= 0.6 is 0 Å². The first-order valence-electron chi connectivity index (χ1n) is 17.8. The van der Waals surface area contributed by atoms with Gasteiger partial charge in [-0.3, -0.25) is 0 Å². The average Bonchev–Trinajstić information content (AvgIpc) is 3.15. The molecule has 0 spiro atoms. The van der Waals surface area contributed by atoms with E-state index in [0.717, 1.165) is 22.3 Å². The van der Waals surface area contributed by atoms with Gasteiger partial charge in [-0.15, -0.1) is 0 Å². The molecule has 5 rings (SSSR count). The van der Waals surface area contributed by atoms with Crippen molar-refractivity contribution in [2.45, 2.75) is 111 Å². The Kier molecular flexibility index (Phi) is 18.4. The molecule has 1 aliphatic carbocycles. The summed E-state index contributed by atoms with van der Waals surface area (Å²) >= 11 is 0.149. The van der Waals surface area contributed by atoms with Crippen molar-refractivity contribution >= 4 is 21.1 Å². The summed E-state index contributed by atoms with van der Waals surface area (Å²) < 4.78 is 28.7. The Balaban J connectivity index is 0.000000529. The van der Waals surface area contributed by atoms with E-state index < -0.39 is 36.6 Å². The van der Waals surface area contributed by atoms with Gasteiger partial charge in [-0.05, 0) is 22.3 Å². The summed E-state index contributed by atoms with van der Waals surface area (Å²) in [5, 5.41) is 22.7. The molecule has 0 aliphatic heterocycles. The van der Waals surface area contributed by atoms with Gasteiger partial charge in [-0.1, -0.05) is 121 Å². The molecule has 4 aromatic rings. The molecule has 6 nitrogen and oxygen atoms in total. The maximum atomic E-state index is 11.4. The maximum Gasteiger partial charge on any atom is 0.116 e. The van der Waals surface area contributed by atoms with Crippen molar-refractivity contribution in [2.75, 3.05) is 0 Å². The molecule has 0 aromatic heterocycles. The predicted octanol–water partition coefficient (Wildman–Crippen LogP) is 8.19. The number of benzene rings is 4. The van der Waals surface area contributed by atoms with Crippen molar-refractivity contribution in [2.24, 2.45) is 0 Å². The SMILES string of the molecule is CCC[CH2][Sn][CH2]CCC.O[C@@H]1[C@H](O)[C@H](OCc2ccccc2)[C@@H](OCc2ccccc2)[C@H](OCc2ccccc2)[C@H]1OCc1ccccc1. The third kappa shape index (κ3) is 13.6. The van der Waals surface area contributed by atoms with Crippen molar-refractivity contribution in [1.29, 1.82) is 0 Å². The zero-order valence-electron chi connectivity index (χ0n) is 29.1. The minimum Gasteiger partial charge on any atom is -0.387 e.